The van der Waals surface area contributed by atoms with E-state index in [0.29, 0.717) is 0 Å². The van der Waals surface area contributed by atoms with Crippen LogP contribution in [0.1, 0.15) is 0 Å². The standard InChI is InChI=1S/C11H9FN2O3S/c1-18(15,16)11-13-6-8(7-14-11)17-10-5-3-2-4-9(10)12/h2-7H,1H3. The molecule has 2 aromatic rings. The van der Waals surface area contributed by atoms with E-state index >= 15 is 0 Å². The Morgan fingerprint density at radius 2 is 1.78 bits per heavy atom. The Labute approximate surface area is 103 Å². The molecule has 0 radical (unpaired) electrons. The lowest BCUT2D eigenvalue weighted by atomic mass is 10.3. The Morgan fingerprint density at radius 3 is 2.33 bits per heavy atom. The summed E-state index contributed by atoms with van der Waals surface area (Å²) < 4.78 is 40.7. The zero-order valence-electron chi connectivity index (χ0n) is 9.37. The van der Waals surface area contributed by atoms with Gasteiger partial charge in [-0.05, 0) is 12.1 Å². The number of nitrogens with zero attached hydrogens (tertiary/aromatic N) is 2. The van der Waals surface area contributed by atoms with Gasteiger partial charge in [-0.1, -0.05) is 12.1 Å². The lowest BCUT2D eigenvalue weighted by Crippen LogP contribution is -2.03. The number of sulfone groups is 1. The fourth-order valence-electron chi connectivity index (χ4n) is 1.20. The van der Waals surface area contributed by atoms with Gasteiger partial charge in [-0.15, -0.1) is 0 Å². The molecule has 2 rings (SSSR count). The minimum Gasteiger partial charge on any atom is -0.451 e. The van der Waals surface area contributed by atoms with Crippen molar-refractivity contribution in [3.05, 3.63) is 42.5 Å². The quantitative estimate of drug-likeness (QED) is 0.794. The molecule has 18 heavy (non-hydrogen) atoms. The van der Waals surface area contributed by atoms with E-state index in [0.717, 1.165) is 6.26 Å². The molecule has 5 nitrogen and oxygen atoms in total. The SMILES string of the molecule is CS(=O)(=O)c1ncc(Oc2ccccc2F)cn1. The van der Waals surface area contributed by atoms with Gasteiger partial charge < -0.3 is 4.74 Å². The first-order valence-electron chi connectivity index (χ1n) is 4.91. The third-order valence-electron chi connectivity index (χ3n) is 2.00. The molecule has 0 aliphatic rings. The second-order valence-electron chi connectivity index (χ2n) is 3.51. The molecule has 0 N–H and O–H groups in total. The molecular weight excluding hydrogens is 259 g/mol. The Hall–Kier alpha value is -2.02. The van der Waals surface area contributed by atoms with Crippen molar-refractivity contribution in [3.8, 4) is 11.5 Å². The number of aromatic nitrogens is 2. The van der Waals surface area contributed by atoms with E-state index in [-0.39, 0.29) is 16.7 Å². The lowest BCUT2D eigenvalue weighted by molar-refractivity contribution is 0.437. The maximum Gasteiger partial charge on any atom is 0.246 e. The number of rotatable bonds is 3. The van der Waals surface area contributed by atoms with Crippen LogP contribution in [0.5, 0.6) is 11.5 Å². The molecular formula is C11H9FN2O3S. The number of benzene rings is 1. The molecule has 0 aliphatic heterocycles. The Kier molecular flexibility index (Phi) is 3.24. The van der Waals surface area contributed by atoms with Gasteiger partial charge in [0.25, 0.3) is 0 Å². The first-order valence-corrected chi connectivity index (χ1v) is 6.80. The molecule has 0 bridgehead atoms. The molecule has 0 spiro atoms. The summed E-state index contributed by atoms with van der Waals surface area (Å²) >= 11 is 0. The van der Waals surface area contributed by atoms with Crippen molar-refractivity contribution in [3.63, 3.8) is 0 Å². The highest BCUT2D eigenvalue weighted by molar-refractivity contribution is 7.90. The highest BCUT2D eigenvalue weighted by Crippen LogP contribution is 2.22. The fourth-order valence-corrected chi connectivity index (χ4v) is 1.69. The third kappa shape index (κ3) is 2.80. The second kappa shape index (κ2) is 4.69. The molecule has 94 valence electrons. The van der Waals surface area contributed by atoms with Crippen LogP contribution in [0.4, 0.5) is 4.39 Å². The first-order chi connectivity index (χ1) is 8.47. The number of halogens is 1. The van der Waals surface area contributed by atoms with Crippen molar-refractivity contribution in [2.75, 3.05) is 6.26 Å². The molecule has 0 saturated carbocycles. The van der Waals surface area contributed by atoms with Crippen LogP contribution in [0.3, 0.4) is 0 Å². The van der Waals surface area contributed by atoms with Gasteiger partial charge in [-0.3, -0.25) is 0 Å². The van der Waals surface area contributed by atoms with Crippen molar-refractivity contribution >= 4 is 9.84 Å². The molecule has 0 unspecified atom stereocenters. The largest absolute Gasteiger partial charge is 0.451 e. The molecule has 0 aliphatic carbocycles. The molecule has 0 saturated heterocycles. The molecule has 7 heteroatoms. The minimum atomic E-state index is -3.45. The maximum absolute atomic E-state index is 13.3. The summed E-state index contributed by atoms with van der Waals surface area (Å²) in [6.45, 7) is 0. The summed E-state index contributed by atoms with van der Waals surface area (Å²) in [4.78, 5) is 7.26. The van der Waals surface area contributed by atoms with Gasteiger partial charge >= 0.3 is 0 Å². The number of ether oxygens (including phenoxy) is 1. The van der Waals surface area contributed by atoms with E-state index in [1.165, 1.54) is 30.6 Å². The molecule has 0 fully saturated rings. The van der Waals surface area contributed by atoms with Crippen LogP contribution < -0.4 is 4.74 Å². The van der Waals surface area contributed by atoms with Gasteiger partial charge in [0, 0.05) is 6.26 Å². The van der Waals surface area contributed by atoms with Crippen LogP contribution in [0.25, 0.3) is 0 Å². The van der Waals surface area contributed by atoms with Crippen molar-refractivity contribution in [2.45, 2.75) is 5.16 Å². The minimum absolute atomic E-state index is 0.0215. The molecule has 1 aromatic heterocycles. The summed E-state index contributed by atoms with van der Waals surface area (Å²) in [6, 6.07) is 5.84. The van der Waals surface area contributed by atoms with Gasteiger partial charge in [0.05, 0.1) is 12.4 Å². The van der Waals surface area contributed by atoms with Gasteiger partial charge in [0.2, 0.25) is 15.0 Å². The van der Waals surface area contributed by atoms with Gasteiger partial charge in [-0.2, -0.15) is 0 Å². The summed E-state index contributed by atoms with van der Waals surface area (Å²) in [5.74, 6) is -0.342. The van der Waals surface area contributed by atoms with E-state index in [2.05, 4.69) is 9.97 Å². The van der Waals surface area contributed by atoms with Crippen LogP contribution in [0.2, 0.25) is 0 Å². The molecule has 0 atom stereocenters. The number of para-hydroxylation sites is 1. The maximum atomic E-state index is 13.3. The molecule has 1 heterocycles. The van der Waals surface area contributed by atoms with Crippen molar-refractivity contribution in [1.29, 1.82) is 0 Å². The average Bonchev–Trinajstić information content (AvgIpc) is 2.32. The van der Waals surface area contributed by atoms with E-state index in [1.807, 2.05) is 0 Å². The van der Waals surface area contributed by atoms with Gasteiger partial charge in [0.1, 0.15) is 0 Å². The van der Waals surface area contributed by atoms with Crippen LogP contribution in [0.15, 0.2) is 41.8 Å². The second-order valence-corrected chi connectivity index (χ2v) is 5.42. The van der Waals surface area contributed by atoms with Crippen LogP contribution >= 0.6 is 0 Å². The molecule has 0 amide bonds. The van der Waals surface area contributed by atoms with Crippen molar-refractivity contribution in [2.24, 2.45) is 0 Å². The first kappa shape index (κ1) is 12.4. The van der Waals surface area contributed by atoms with Gasteiger partial charge in [0.15, 0.2) is 17.3 Å². The summed E-state index contributed by atoms with van der Waals surface area (Å²) in [6.07, 6.45) is 3.35. The van der Waals surface area contributed by atoms with Crippen molar-refractivity contribution < 1.29 is 17.5 Å². The Morgan fingerprint density at radius 1 is 1.17 bits per heavy atom. The predicted octanol–water partition coefficient (Wildman–Crippen LogP) is 1.81. The van der Waals surface area contributed by atoms with E-state index < -0.39 is 15.7 Å². The zero-order chi connectivity index (χ0) is 13.2. The lowest BCUT2D eigenvalue weighted by Gasteiger charge is -2.05. The summed E-state index contributed by atoms with van der Waals surface area (Å²) in [5, 5.41) is -0.302. The van der Waals surface area contributed by atoms with Crippen LogP contribution in [0, 0.1) is 5.82 Å². The van der Waals surface area contributed by atoms with Gasteiger partial charge in [-0.25, -0.2) is 22.8 Å². The van der Waals surface area contributed by atoms with E-state index in [1.54, 1.807) is 6.07 Å². The van der Waals surface area contributed by atoms with E-state index in [9.17, 15) is 12.8 Å². The van der Waals surface area contributed by atoms with Crippen LogP contribution in [-0.4, -0.2) is 24.6 Å². The summed E-state index contributed by atoms with van der Waals surface area (Å²) in [5.41, 5.74) is 0. The molecule has 1 aromatic carbocycles. The topological polar surface area (TPSA) is 69.2 Å². The smallest absolute Gasteiger partial charge is 0.246 e. The zero-order valence-corrected chi connectivity index (χ0v) is 10.2. The highest BCUT2D eigenvalue weighted by Gasteiger charge is 2.11. The van der Waals surface area contributed by atoms with Crippen molar-refractivity contribution in [1.82, 2.24) is 9.97 Å². The monoisotopic (exact) mass is 268 g/mol. The highest BCUT2D eigenvalue weighted by atomic mass is 32.2. The Balaban J connectivity index is 2.24. The number of hydrogen-bond acceptors (Lipinski definition) is 5. The third-order valence-corrected chi connectivity index (χ3v) is 2.87. The van der Waals surface area contributed by atoms with Crippen LogP contribution in [-0.2, 0) is 9.84 Å². The fraction of sp³-hybridized carbons (Fsp3) is 0.0909. The average molecular weight is 268 g/mol. The summed E-state index contributed by atoms with van der Waals surface area (Å²) in [7, 11) is -3.45. The van der Waals surface area contributed by atoms with E-state index in [4.69, 9.17) is 4.74 Å². The normalized spacial score (nSPS) is 11.2. The number of hydrogen-bond donors (Lipinski definition) is 0. The Bertz CT molecular complexity index is 656. The predicted molar refractivity (Wildman–Crippen MR) is 61.6 cm³/mol.